The van der Waals surface area contributed by atoms with E-state index in [2.05, 4.69) is 18.7 Å². The van der Waals surface area contributed by atoms with Gasteiger partial charge in [-0.15, -0.1) is 0 Å². The van der Waals surface area contributed by atoms with E-state index < -0.39 is 5.97 Å². The average molecular weight is 327 g/mol. The van der Waals surface area contributed by atoms with Crippen molar-refractivity contribution >= 4 is 11.7 Å². The highest BCUT2D eigenvalue weighted by molar-refractivity contribution is 5.89. The Morgan fingerprint density at radius 2 is 1.96 bits per heavy atom. The molecule has 0 radical (unpaired) electrons. The Morgan fingerprint density at radius 1 is 1.25 bits per heavy atom. The molecule has 5 nitrogen and oxygen atoms in total. The van der Waals surface area contributed by atoms with Crippen LogP contribution in [0, 0.1) is 0 Å². The summed E-state index contributed by atoms with van der Waals surface area (Å²) in [5, 5.41) is 9.28. The lowest BCUT2D eigenvalue weighted by atomic mass is 9.98. The molecule has 0 fully saturated rings. The van der Waals surface area contributed by atoms with Crippen molar-refractivity contribution in [2.75, 3.05) is 18.6 Å². The van der Waals surface area contributed by atoms with Crippen molar-refractivity contribution in [1.82, 2.24) is 0 Å². The largest absolute Gasteiger partial charge is 0.497 e. The van der Waals surface area contributed by atoms with E-state index >= 15 is 0 Å². The van der Waals surface area contributed by atoms with Crippen molar-refractivity contribution in [2.45, 2.75) is 25.9 Å². The SMILES string of the molecule is COc1ccc(CN2c3cc(C(=O)O)ccc3OCC2(C)C)cc1. The molecule has 126 valence electrons. The van der Waals surface area contributed by atoms with Crippen LogP contribution in [0.1, 0.15) is 29.8 Å². The lowest BCUT2D eigenvalue weighted by molar-refractivity contribution is 0.0696. The third-order valence-electron chi connectivity index (χ3n) is 4.31. The van der Waals surface area contributed by atoms with Crippen LogP contribution in [-0.4, -0.2) is 30.3 Å². The fourth-order valence-electron chi connectivity index (χ4n) is 2.85. The summed E-state index contributed by atoms with van der Waals surface area (Å²) in [6.07, 6.45) is 0. The van der Waals surface area contributed by atoms with Crippen molar-refractivity contribution in [2.24, 2.45) is 0 Å². The number of carbonyl (C=O) groups is 1. The molecular formula is C19H21NO4. The second-order valence-electron chi connectivity index (χ2n) is 6.52. The normalized spacial score (nSPS) is 15.4. The van der Waals surface area contributed by atoms with Gasteiger partial charge in [0.15, 0.2) is 0 Å². The van der Waals surface area contributed by atoms with Crippen LogP contribution in [0.5, 0.6) is 11.5 Å². The summed E-state index contributed by atoms with van der Waals surface area (Å²) in [5.74, 6) is 0.590. The smallest absolute Gasteiger partial charge is 0.335 e. The minimum Gasteiger partial charge on any atom is -0.497 e. The predicted molar refractivity (Wildman–Crippen MR) is 92.2 cm³/mol. The average Bonchev–Trinajstić information content (AvgIpc) is 2.57. The monoisotopic (exact) mass is 327 g/mol. The molecule has 0 aliphatic carbocycles. The fourth-order valence-corrected chi connectivity index (χ4v) is 2.85. The Balaban J connectivity index is 1.98. The summed E-state index contributed by atoms with van der Waals surface area (Å²) in [7, 11) is 1.64. The van der Waals surface area contributed by atoms with E-state index in [1.807, 2.05) is 24.3 Å². The molecule has 3 rings (SSSR count). The van der Waals surface area contributed by atoms with Crippen molar-refractivity contribution in [3.8, 4) is 11.5 Å². The minimum atomic E-state index is -0.939. The maximum Gasteiger partial charge on any atom is 0.335 e. The molecule has 5 heteroatoms. The number of fused-ring (bicyclic) bond motifs is 1. The van der Waals surface area contributed by atoms with Crippen LogP contribution in [0.4, 0.5) is 5.69 Å². The summed E-state index contributed by atoms with van der Waals surface area (Å²) in [6, 6.07) is 12.9. The van der Waals surface area contributed by atoms with E-state index in [1.165, 1.54) is 0 Å². The maximum absolute atomic E-state index is 11.3. The summed E-state index contributed by atoms with van der Waals surface area (Å²) in [4.78, 5) is 13.5. The molecular weight excluding hydrogens is 306 g/mol. The van der Waals surface area contributed by atoms with Gasteiger partial charge in [0.05, 0.1) is 23.9 Å². The van der Waals surface area contributed by atoms with Crippen molar-refractivity contribution in [1.29, 1.82) is 0 Å². The number of nitrogens with zero attached hydrogens (tertiary/aromatic N) is 1. The van der Waals surface area contributed by atoms with Gasteiger partial charge in [0.2, 0.25) is 0 Å². The molecule has 0 unspecified atom stereocenters. The van der Waals surface area contributed by atoms with Gasteiger partial charge in [-0.2, -0.15) is 0 Å². The molecule has 2 aromatic carbocycles. The van der Waals surface area contributed by atoms with E-state index in [9.17, 15) is 9.90 Å². The van der Waals surface area contributed by atoms with Crippen LogP contribution in [0.2, 0.25) is 0 Å². The number of anilines is 1. The number of hydrogen-bond acceptors (Lipinski definition) is 4. The number of carboxylic acids is 1. The highest BCUT2D eigenvalue weighted by atomic mass is 16.5. The highest BCUT2D eigenvalue weighted by Gasteiger charge is 2.34. The Hall–Kier alpha value is -2.69. The molecule has 0 bridgehead atoms. The molecule has 2 aromatic rings. The van der Waals surface area contributed by atoms with Gasteiger partial charge in [-0.05, 0) is 49.7 Å². The summed E-state index contributed by atoms with van der Waals surface area (Å²) in [6.45, 7) is 5.39. The van der Waals surface area contributed by atoms with Crippen LogP contribution in [0.25, 0.3) is 0 Å². The minimum absolute atomic E-state index is 0.246. The third-order valence-corrected chi connectivity index (χ3v) is 4.31. The number of carboxylic acid groups (broad SMARTS) is 1. The molecule has 0 aromatic heterocycles. The number of methoxy groups -OCH3 is 1. The quantitative estimate of drug-likeness (QED) is 0.930. The predicted octanol–water partition coefficient (Wildman–Crippen LogP) is 3.57. The number of hydrogen-bond donors (Lipinski definition) is 1. The molecule has 1 aliphatic heterocycles. The van der Waals surface area contributed by atoms with Gasteiger partial charge in [0, 0.05) is 6.54 Å². The first-order valence-electron chi connectivity index (χ1n) is 7.81. The van der Waals surface area contributed by atoms with Crippen LogP contribution in [-0.2, 0) is 6.54 Å². The lowest BCUT2D eigenvalue weighted by Gasteiger charge is -2.44. The Bertz CT molecular complexity index is 752. The third kappa shape index (κ3) is 3.02. The first-order chi connectivity index (χ1) is 11.4. The molecule has 1 heterocycles. The van der Waals surface area contributed by atoms with E-state index in [1.54, 1.807) is 25.3 Å². The zero-order valence-corrected chi connectivity index (χ0v) is 14.1. The van der Waals surface area contributed by atoms with Gasteiger partial charge in [-0.25, -0.2) is 4.79 Å². The molecule has 1 N–H and O–H groups in total. The second-order valence-corrected chi connectivity index (χ2v) is 6.52. The van der Waals surface area contributed by atoms with E-state index in [-0.39, 0.29) is 11.1 Å². The molecule has 0 atom stereocenters. The number of aromatic carboxylic acids is 1. The zero-order valence-electron chi connectivity index (χ0n) is 14.1. The fraction of sp³-hybridized carbons (Fsp3) is 0.316. The van der Waals surface area contributed by atoms with E-state index in [4.69, 9.17) is 9.47 Å². The number of ether oxygens (including phenoxy) is 2. The lowest BCUT2D eigenvalue weighted by Crippen LogP contribution is -2.51. The first kappa shape index (κ1) is 16.2. The van der Waals surface area contributed by atoms with Gasteiger partial charge < -0.3 is 19.5 Å². The zero-order chi connectivity index (χ0) is 17.3. The molecule has 0 saturated carbocycles. The van der Waals surface area contributed by atoms with Gasteiger partial charge in [0.25, 0.3) is 0 Å². The topological polar surface area (TPSA) is 59.0 Å². The summed E-state index contributed by atoms with van der Waals surface area (Å²) < 4.78 is 11.0. The number of rotatable bonds is 4. The van der Waals surface area contributed by atoms with Gasteiger partial charge in [0.1, 0.15) is 18.1 Å². The van der Waals surface area contributed by atoms with Crippen molar-refractivity contribution in [3.05, 3.63) is 53.6 Å². The molecule has 0 saturated heterocycles. The first-order valence-corrected chi connectivity index (χ1v) is 7.81. The summed E-state index contributed by atoms with van der Waals surface area (Å²) in [5.41, 5.74) is 1.94. The van der Waals surface area contributed by atoms with Crippen LogP contribution in [0.3, 0.4) is 0 Å². The Kier molecular flexibility index (Phi) is 4.09. The molecule has 0 spiro atoms. The summed E-state index contributed by atoms with van der Waals surface area (Å²) >= 11 is 0. The van der Waals surface area contributed by atoms with E-state index in [0.29, 0.717) is 18.9 Å². The van der Waals surface area contributed by atoms with Crippen molar-refractivity contribution in [3.63, 3.8) is 0 Å². The molecule has 0 amide bonds. The van der Waals surface area contributed by atoms with Crippen molar-refractivity contribution < 1.29 is 19.4 Å². The second kappa shape index (κ2) is 6.07. The van der Waals surface area contributed by atoms with Gasteiger partial charge >= 0.3 is 5.97 Å². The Labute approximate surface area is 141 Å². The van der Waals surface area contributed by atoms with E-state index in [0.717, 1.165) is 17.0 Å². The highest BCUT2D eigenvalue weighted by Crippen LogP contribution is 2.39. The van der Waals surface area contributed by atoms with Crippen LogP contribution in [0.15, 0.2) is 42.5 Å². The van der Waals surface area contributed by atoms with Crippen LogP contribution < -0.4 is 14.4 Å². The Morgan fingerprint density at radius 3 is 2.58 bits per heavy atom. The maximum atomic E-state index is 11.3. The number of benzene rings is 2. The standard InChI is InChI=1S/C19H21NO4/c1-19(2)12-24-17-9-6-14(18(21)22)10-16(17)20(19)11-13-4-7-15(23-3)8-5-13/h4-10H,11-12H2,1-3H3,(H,21,22). The van der Waals surface area contributed by atoms with Gasteiger partial charge in [-0.3, -0.25) is 0 Å². The molecule has 1 aliphatic rings. The van der Waals surface area contributed by atoms with Crippen LogP contribution >= 0.6 is 0 Å². The van der Waals surface area contributed by atoms with Gasteiger partial charge in [-0.1, -0.05) is 12.1 Å². The molecule has 24 heavy (non-hydrogen) atoms.